The van der Waals surface area contributed by atoms with Crippen LogP contribution in [-0.2, 0) is 9.59 Å². The molecule has 4 rings (SSSR count). The van der Waals surface area contributed by atoms with Crippen molar-refractivity contribution < 1.29 is 23.8 Å². The monoisotopic (exact) mass is 458 g/mol. The third kappa shape index (κ3) is 3.96. The van der Waals surface area contributed by atoms with Gasteiger partial charge in [0.25, 0.3) is 11.8 Å². The van der Waals surface area contributed by atoms with Crippen LogP contribution in [0.5, 0.6) is 17.2 Å². The molecule has 0 aromatic heterocycles. The third-order valence-electron chi connectivity index (χ3n) is 5.71. The molecule has 0 saturated carbocycles. The highest BCUT2D eigenvalue weighted by molar-refractivity contribution is 6.46. The van der Waals surface area contributed by atoms with Crippen molar-refractivity contribution in [2.24, 2.45) is 0 Å². The van der Waals surface area contributed by atoms with Crippen LogP contribution in [-0.4, -0.2) is 33.1 Å². The van der Waals surface area contributed by atoms with E-state index < -0.39 is 11.8 Å². The maximum atomic E-state index is 13.7. The molecule has 1 heterocycles. The number of carbonyl (C=O) groups is 2. The van der Waals surface area contributed by atoms with Crippen LogP contribution in [0, 0.1) is 13.8 Å². The summed E-state index contributed by atoms with van der Waals surface area (Å²) in [6.07, 6.45) is 0. The van der Waals surface area contributed by atoms with Gasteiger partial charge in [-0.2, -0.15) is 0 Å². The van der Waals surface area contributed by atoms with Crippen LogP contribution in [0.15, 0.2) is 66.4 Å². The Morgan fingerprint density at radius 2 is 1.38 bits per heavy atom. The summed E-state index contributed by atoms with van der Waals surface area (Å²) in [7, 11) is 4.55. The molecule has 0 fully saturated rings. The Bertz CT molecular complexity index is 1270. The second-order valence-electron chi connectivity index (χ2n) is 7.89. The molecule has 0 unspecified atom stereocenters. The number of amides is 2. The number of hydrogen-bond donors (Lipinski definition) is 1. The standard InChI is InChI=1S/C27H26N2O5/c1-16-10-12-18(13-11-16)23-24(27(31)29(26(23)30)20-9-7-6-8-17(20)2)28-19-14-21(32-3)25(34-5)22(15-19)33-4/h6-15,28H,1-5H3. The summed E-state index contributed by atoms with van der Waals surface area (Å²) in [5, 5.41) is 3.16. The average molecular weight is 459 g/mol. The van der Waals surface area contributed by atoms with Gasteiger partial charge in [0.1, 0.15) is 5.70 Å². The summed E-state index contributed by atoms with van der Waals surface area (Å²) in [5.41, 5.74) is 4.05. The molecule has 7 heteroatoms. The Morgan fingerprint density at radius 3 is 1.94 bits per heavy atom. The lowest BCUT2D eigenvalue weighted by atomic mass is 10.0. The molecular weight excluding hydrogens is 432 g/mol. The lowest BCUT2D eigenvalue weighted by Gasteiger charge is -2.18. The van der Waals surface area contributed by atoms with E-state index in [1.165, 1.54) is 26.2 Å². The Kier molecular flexibility index (Phi) is 6.27. The number of para-hydroxylation sites is 1. The Labute approximate surface area is 198 Å². The molecule has 0 radical (unpaired) electrons. The molecule has 3 aromatic carbocycles. The fraction of sp³-hybridized carbons (Fsp3) is 0.185. The van der Waals surface area contributed by atoms with E-state index in [1.54, 1.807) is 24.3 Å². The summed E-state index contributed by atoms with van der Waals surface area (Å²) >= 11 is 0. The van der Waals surface area contributed by atoms with Crippen molar-refractivity contribution in [1.82, 2.24) is 0 Å². The normalized spacial score (nSPS) is 13.4. The van der Waals surface area contributed by atoms with Crippen LogP contribution < -0.4 is 24.4 Å². The van der Waals surface area contributed by atoms with E-state index in [0.717, 1.165) is 11.1 Å². The van der Waals surface area contributed by atoms with E-state index in [0.29, 0.717) is 39.8 Å². The molecule has 1 N–H and O–H groups in total. The summed E-state index contributed by atoms with van der Waals surface area (Å²) in [5.74, 6) is 0.448. The molecular formula is C27H26N2O5. The smallest absolute Gasteiger partial charge is 0.282 e. The molecule has 2 amide bonds. The van der Waals surface area contributed by atoms with Crippen LogP contribution >= 0.6 is 0 Å². The number of nitrogens with zero attached hydrogens (tertiary/aromatic N) is 1. The highest BCUT2D eigenvalue weighted by atomic mass is 16.5. The van der Waals surface area contributed by atoms with E-state index >= 15 is 0 Å². The number of methoxy groups -OCH3 is 3. The first-order valence-corrected chi connectivity index (χ1v) is 10.7. The van der Waals surface area contributed by atoms with E-state index in [2.05, 4.69) is 5.32 Å². The largest absolute Gasteiger partial charge is 0.493 e. The molecule has 174 valence electrons. The lowest BCUT2D eigenvalue weighted by Crippen LogP contribution is -2.33. The first-order valence-electron chi connectivity index (χ1n) is 10.7. The summed E-state index contributed by atoms with van der Waals surface area (Å²) in [6.45, 7) is 3.83. The van der Waals surface area contributed by atoms with Gasteiger partial charge in [-0.05, 0) is 31.0 Å². The van der Waals surface area contributed by atoms with Crippen molar-refractivity contribution in [2.75, 3.05) is 31.5 Å². The van der Waals surface area contributed by atoms with Crippen LogP contribution in [0.4, 0.5) is 11.4 Å². The predicted octanol–water partition coefficient (Wildman–Crippen LogP) is 4.73. The van der Waals surface area contributed by atoms with E-state index in [9.17, 15) is 9.59 Å². The number of benzene rings is 3. The van der Waals surface area contributed by atoms with Gasteiger partial charge in [-0.3, -0.25) is 9.59 Å². The second-order valence-corrected chi connectivity index (χ2v) is 7.89. The van der Waals surface area contributed by atoms with Gasteiger partial charge < -0.3 is 19.5 Å². The van der Waals surface area contributed by atoms with Crippen LogP contribution in [0.2, 0.25) is 0 Å². The molecule has 7 nitrogen and oxygen atoms in total. The lowest BCUT2D eigenvalue weighted by molar-refractivity contribution is -0.120. The van der Waals surface area contributed by atoms with Gasteiger partial charge in [-0.1, -0.05) is 48.0 Å². The molecule has 0 atom stereocenters. The number of aryl methyl sites for hydroxylation is 2. The molecule has 3 aromatic rings. The number of rotatable bonds is 7. The van der Waals surface area contributed by atoms with Gasteiger partial charge in [-0.15, -0.1) is 0 Å². The second kappa shape index (κ2) is 9.31. The molecule has 0 bridgehead atoms. The zero-order valence-electron chi connectivity index (χ0n) is 19.8. The Hall–Kier alpha value is -4.26. The summed E-state index contributed by atoms with van der Waals surface area (Å²) in [6, 6.07) is 18.2. The number of carbonyl (C=O) groups excluding carboxylic acids is 2. The predicted molar refractivity (Wildman–Crippen MR) is 131 cm³/mol. The van der Waals surface area contributed by atoms with Gasteiger partial charge in [0.15, 0.2) is 11.5 Å². The van der Waals surface area contributed by atoms with Crippen LogP contribution in [0.25, 0.3) is 5.57 Å². The number of imide groups is 1. The summed E-state index contributed by atoms with van der Waals surface area (Å²) in [4.78, 5) is 28.5. The molecule has 0 saturated heterocycles. The highest BCUT2D eigenvalue weighted by Crippen LogP contribution is 2.41. The number of hydrogen-bond acceptors (Lipinski definition) is 6. The van der Waals surface area contributed by atoms with Gasteiger partial charge >= 0.3 is 0 Å². The van der Waals surface area contributed by atoms with E-state index in [1.807, 2.05) is 50.2 Å². The fourth-order valence-corrected chi connectivity index (χ4v) is 3.96. The van der Waals surface area contributed by atoms with Crippen molar-refractivity contribution in [2.45, 2.75) is 13.8 Å². The molecule has 1 aliphatic heterocycles. The topological polar surface area (TPSA) is 77.1 Å². The van der Waals surface area contributed by atoms with Gasteiger partial charge in [-0.25, -0.2) is 4.90 Å². The zero-order chi connectivity index (χ0) is 24.4. The van der Waals surface area contributed by atoms with E-state index in [4.69, 9.17) is 14.2 Å². The molecule has 1 aliphatic rings. The van der Waals surface area contributed by atoms with Crippen molar-refractivity contribution in [3.63, 3.8) is 0 Å². The SMILES string of the molecule is COc1cc(NC2=C(c3ccc(C)cc3)C(=O)N(c3ccccc3C)C2=O)cc(OC)c1OC. The first kappa shape index (κ1) is 22.9. The summed E-state index contributed by atoms with van der Waals surface area (Å²) < 4.78 is 16.3. The minimum absolute atomic E-state index is 0.173. The van der Waals surface area contributed by atoms with Gasteiger partial charge in [0, 0.05) is 17.8 Å². The quantitative estimate of drug-likeness (QED) is 0.516. The highest BCUT2D eigenvalue weighted by Gasteiger charge is 2.40. The van der Waals surface area contributed by atoms with Crippen molar-refractivity contribution in [3.05, 3.63) is 83.1 Å². The first-order chi connectivity index (χ1) is 16.4. The number of nitrogens with one attached hydrogen (secondary N) is 1. The Morgan fingerprint density at radius 1 is 0.765 bits per heavy atom. The molecule has 0 aliphatic carbocycles. The number of anilines is 2. The van der Waals surface area contributed by atoms with Crippen molar-refractivity contribution in [3.8, 4) is 17.2 Å². The van der Waals surface area contributed by atoms with Crippen LogP contribution in [0.3, 0.4) is 0 Å². The number of ether oxygens (including phenoxy) is 3. The van der Waals surface area contributed by atoms with E-state index in [-0.39, 0.29) is 5.70 Å². The third-order valence-corrected chi connectivity index (χ3v) is 5.71. The maximum absolute atomic E-state index is 13.7. The Balaban J connectivity index is 1.86. The van der Waals surface area contributed by atoms with Gasteiger partial charge in [0.2, 0.25) is 5.75 Å². The minimum Gasteiger partial charge on any atom is -0.493 e. The maximum Gasteiger partial charge on any atom is 0.282 e. The van der Waals surface area contributed by atoms with Crippen molar-refractivity contribution in [1.29, 1.82) is 0 Å². The van der Waals surface area contributed by atoms with Gasteiger partial charge in [0.05, 0.1) is 32.6 Å². The fourth-order valence-electron chi connectivity index (χ4n) is 3.96. The zero-order valence-corrected chi connectivity index (χ0v) is 19.8. The average Bonchev–Trinajstić information content (AvgIpc) is 3.08. The molecule has 0 spiro atoms. The molecule has 34 heavy (non-hydrogen) atoms. The van der Waals surface area contributed by atoms with Crippen LogP contribution in [0.1, 0.15) is 16.7 Å². The van der Waals surface area contributed by atoms with Crippen molar-refractivity contribution >= 4 is 28.8 Å². The minimum atomic E-state index is -0.441.